The van der Waals surface area contributed by atoms with Gasteiger partial charge in [-0.05, 0) is 24.6 Å². The number of aryl methyl sites for hydroxylation is 2. The Kier molecular flexibility index (Phi) is 5.39. The van der Waals surface area contributed by atoms with Crippen LogP contribution in [0.4, 0.5) is 4.39 Å². The first kappa shape index (κ1) is 18.6. The van der Waals surface area contributed by atoms with Crippen molar-refractivity contribution < 1.29 is 9.18 Å². The van der Waals surface area contributed by atoms with Crippen LogP contribution in [-0.4, -0.2) is 51.7 Å². The van der Waals surface area contributed by atoms with E-state index in [1.807, 2.05) is 27.9 Å². The molecule has 0 aliphatic carbocycles. The average Bonchev–Trinajstić information content (AvgIpc) is 3.10. The zero-order chi connectivity index (χ0) is 19.5. The fraction of sp³-hybridized carbons (Fsp3) is 0.364. The maximum atomic E-state index is 13.8. The van der Waals surface area contributed by atoms with Crippen molar-refractivity contribution in [2.75, 3.05) is 26.2 Å². The lowest BCUT2D eigenvalue weighted by Crippen LogP contribution is -2.48. The molecule has 28 heavy (non-hydrogen) atoms. The van der Waals surface area contributed by atoms with Gasteiger partial charge in [0.05, 0.1) is 18.3 Å². The number of halogens is 1. The SMILES string of the molecule is Cc1ccc2cnn(CCC(=O)N3CCN(Cc4ccccc4F)CC3)c2c1. The molecule has 0 N–H and O–H groups in total. The van der Waals surface area contributed by atoms with Gasteiger partial charge in [0.25, 0.3) is 0 Å². The number of hydrogen-bond acceptors (Lipinski definition) is 3. The van der Waals surface area contributed by atoms with Gasteiger partial charge >= 0.3 is 0 Å². The number of carbonyl (C=O) groups excluding carboxylic acids is 1. The minimum absolute atomic E-state index is 0.154. The van der Waals surface area contributed by atoms with E-state index in [9.17, 15) is 9.18 Å². The number of amides is 1. The molecule has 4 rings (SSSR count). The van der Waals surface area contributed by atoms with Crippen molar-refractivity contribution in [3.05, 3.63) is 65.6 Å². The molecule has 1 fully saturated rings. The van der Waals surface area contributed by atoms with Crippen molar-refractivity contribution in [2.45, 2.75) is 26.4 Å². The summed E-state index contributed by atoms with van der Waals surface area (Å²) in [5.74, 6) is -0.00969. The van der Waals surface area contributed by atoms with Crippen LogP contribution in [-0.2, 0) is 17.9 Å². The second-order valence-corrected chi connectivity index (χ2v) is 7.43. The standard InChI is InChI=1S/C22H25FN4O/c1-17-6-7-18-15-24-27(21(18)14-17)9-8-22(28)26-12-10-25(11-13-26)16-19-4-2-3-5-20(19)23/h2-7,14-15H,8-13,16H2,1H3. The third kappa shape index (κ3) is 4.07. The van der Waals surface area contributed by atoms with Crippen molar-refractivity contribution in [1.29, 1.82) is 0 Å². The minimum Gasteiger partial charge on any atom is -0.340 e. The molecule has 1 saturated heterocycles. The van der Waals surface area contributed by atoms with Gasteiger partial charge in [-0.1, -0.05) is 30.3 Å². The summed E-state index contributed by atoms with van der Waals surface area (Å²) < 4.78 is 15.7. The second-order valence-electron chi connectivity index (χ2n) is 7.43. The van der Waals surface area contributed by atoms with Gasteiger partial charge in [-0.2, -0.15) is 5.10 Å². The van der Waals surface area contributed by atoms with Crippen LogP contribution in [0.5, 0.6) is 0 Å². The van der Waals surface area contributed by atoms with Crippen LogP contribution in [0.2, 0.25) is 0 Å². The van der Waals surface area contributed by atoms with Gasteiger partial charge < -0.3 is 4.90 Å². The summed E-state index contributed by atoms with van der Waals surface area (Å²) in [4.78, 5) is 16.7. The lowest BCUT2D eigenvalue weighted by atomic mass is 10.2. The highest BCUT2D eigenvalue weighted by Gasteiger charge is 2.21. The van der Waals surface area contributed by atoms with Crippen molar-refractivity contribution in [1.82, 2.24) is 19.6 Å². The molecule has 0 saturated carbocycles. The molecule has 1 aliphatic heterocycles. The van der Waals surface area contributed by atoms with Crippen LogP contribution >= 0.6 is 0 Å². The molecule has 1 aromatic heterocycles. The second kappa shape index (κ2) is 8.10. The van der Waals surface area contributed by atoms with Gasteiger partial charge in [-0.3, -0.25) is 14.4 Å². The van der Waals surface area contributed by atoms with Crippen LogP contribution in [0.25, 0.3) is 10.9 Å². The maximum Gasteiger partial charge on any atom is 0.224 e. The molecule has 2 heterocycles. The summed E-state index contributed by atoms with van der Waals surface area (Å²) in [6.45, 7) is 6.14. The first-order chi connectivity index (χ1) is 13.6. The highest BCUT2D eigenvalue weighted by atomic mass is 19.1. The lowest BCUT2D eigenvalue weighted by Gasteiger charge is -2.34. The Labute approximate surface area is 164 Å². The molecule has 1 amide bonds. The van der Waals surface area contributed by atoms with Crippen LogP contribution in [0.3, 0.4) is 0 Å². The van der Waals surface area contributed by atoms with Crippen LogP contribution in [0, 0.1) is 12.7 Å². The van der Waals surface area contributed by atoms with Gasteiger partial charge in [-0.15, -0.1) is 0 Å². The normalized spacial score (nSPS) is 15.3. The van der Waals surface area contributed by atoms with Crippen molar-refractivity contribution in [3.8, 4) is 0 Å². The van der Waals surface area contributed by atoms with Crippen LogP contribution < -0.4 is 0 Å². The van der Waals surface area contributed by atoms with Gasteiger partial charge in [0.15, 0.2) is 0 Å². The van der Waals surface area contributed by atoms with Crippen molar-refractivity contribution in [2.24, 2.45) is 0 Å². The fourth-order valence-corrected chi connectivity index (χ4v) is 3.74. The Balaban J connectivity index is 1.29. The third-order valence-electron chi connectivity index (χ3n) is 5.41. The molecule has 1 aliphatic rings. The lowest BCUT2D eigenvalue weighted by molar-refractivity contribution is -0.133. The molecule has 0 radical (unpaired) electrons. The number of hydrogen-bond donors (Lipinski definition) is 0. The number of piperazine rings is 1. The summed E-state index contributed by atoms with van der Waals surface area (Å²) in [5.41, 5.74) is 2.97. The Morgan fingerprint density at radius 3 is 2.68 bits per heavy atom. The molecule has 0 atom stereocenters. The predicted molar refractivity (Wildman–Crippen MR) is 107 cm³/mol. The average molecular weight is 380 g/mol. The monoisotopic (exact) mass is 380 g/mol. The number of benzene rings is 2. The molecule has 2 aromatic carbocycles. The third-order valence-corrected chi connectivity index (χ3v) is 5.41. The Hall–Kier alpha value is -2.73. The number of carbonyl (C=O) groups is 1. The van der Waals surface area contributed by atoms with E-state index in [1.165, 1.54) is 11.6 Å². The van der Waals surface area contributed by atoms with E-state index >= 15 is 0 Å². The van der Waals surface area contributed by atoms with Crippen LogP contribution in [0.1, 0.15) is 17.5 Å². The summed E-state index contributed by atoms with van der Waals surface area (Å²) in [6, 6.07) is 13.1. The number of aromatic nitrogens is 2. The topological polar surface area (TPSA) is 41.4 Å². The Morgan fingerprint density at radius 2 is 1.89 bits per heavy atom. The van der Waals surface area contributed by atoms with Crippen LogP contribution in [0.15, 0.2) is 48.7 Å². The number of rotatable bonds is 5. The molecule has 0 bridgehead atoms. The van der Waals surface area contributed by atoms with Gasteiger partial charge in [0.1, 0.15) is 5.82 Å². The van der Waals surface area contributed by atoms with E-state index in [0.29, 0.717) is 38.2 Å². The molecule has 146 valence electrons. The zero-order valence-electron chi connectivity index (χ0n) is 16.1. The highest BCUT2D eigenvalue weighted by Crippen LogP contribution is 2.16. The quantitative estimate of drug-likeness (QED) is 0.683. The van der Waals surface area contributed by atoms with Crippen molar-refractivity contribution in [3.63, 3.8) is 0 Å². The smallest absolute Gasteiger partial charge is 0.224 e. The summed E-state index contributed by atoms with van der Waals surface area (Å²) in [6.07, 6.45) is 2.29. The molecular formula is C22H25FN4O. The maximum absolute atomic E-state index is 13.8. The van der Waals surface area contributed by atoms with E-state index in [4.69, 9.17) is 0 Å². The van der Waals surface area contributed by atoms with E-state index in [-0.39, 0.29) is 11.7 Å². The Bertz CT molecular complexity index is 976. The summed E-state index contributed by atoms with van der Waals surface area (Å²) in [5, 5.41) is 5.52. The van der Waals surface area contributed by atoms with E-state index < -0.39 is 0 Å². The number of fused-ring (bicyclic) bond motifs is 1. The number of nitrogens with zero attached hydrogens (tertiary/aromatic N) is 4. The van der Waals surface area contributed by atoms with Gasteiger partial charge in [0, 0.05) is 50.1 Å². The fourth-order valence-electron chi connectivity index (χ4n) is 3.74. The first-order valence-corrected chi connectivity index (χ1v) is 9.76. The van der Waals surface area contributed by atoms with E-state index in [1.54, 1.807) is 6.07 Å². The minimum atomic E-state index is -0.164. The molecule has 0 unspecified atom stereocenters. The van der Waals surface area contributed by atoms with E-state index in [0.717, 1.165) is 24.0 Å². The molecule has 3 aromatic rings. The summed E-state index contributed by atoms with van der Waals surface area (Å²) >= 11 is 0. The molecule has 5 nitrogen and oxygen atoms in total. The molecule has 0 spiro atoms. The first-order valence-electron chi connectivity index (χ1n) is 9.76. The molecular weight excluding hydrogens is 355 g/mol. The van der Waals surface area contributed by atoms with Gasteiger partial charge in [0.2, 0.25) is 5.91 Å². The van der Waals surface area contributed by atoms with E-state index in [2.05, 4.69) is 35.1 Å². The van der Waals surface area contributed by atoms with Crippen molar-refractivity contribution >= 4 is 16.8 Å². The zero-order valence-corrected chi connectivity index (χ0v) is 16.1. The Morgan fingerprint density at radius 1 is 1.11 bits per heavy atom. The predicted octanol–water partition coefficient (Wildman–Crippen LogP) is 3.22. The highest BCUT2D eigenvalue weighted by molar-refractivity contribution is 5.80. The molecule has 6 heteroatoms. The van der Waals surface area contributed by atoms with Gasteiger partial charge in [-0.25, -0.2) is 4.39 Å². The summed E-state index contributed by atoms with van der Waals surface area (Å²) in [7, 11) is 0. The largest absolute Gasteiger partial charge is 0.340 e.